The predicted octanol–water partition coefficient (Wildman–Crippen LogP) is 7.23. The van der Waals surface area contributed by atoms with Gasteiger partial charge in [0.25, 0.3) is 0 Å². The first-order chi connectivity index (χ1) is 20.0. The van der Waals surface area contributed by atoms with Crippen LogP contribution in [0, 0.1) is 5.41 Å². The van der Waals surface area contributed by atoms with E-state index >= 15 is 0 Å². The average molecular weight is 551 g/mol. The summed E-state index contributed by atoms with van der Waals surface area (Å²) in [7, 11) is 0. The number of phenols is 1. The lowest BCUT2D eigenvalue weighted by Crippen LogP contribution is -2.45. The molecule has 2 saturated heterocycles. The number of carboxylic acid groups (broad SMARTS) is 1. The van der Waals surface area contributed by atoms with E-state index in [0.29, 0.717) is 11.2 Å². The maximum atomic E-state index is 11.2. The molecule has 0 bridgehead atoms. The fourth-order valence-electron chi connectivity index (χ4n) is 7.65. The van der Waals surface area contributed by atoms with Gasteiger partial charge in [-0.25, -0.2) is 0 Å². The van der Waals surface area contributed by atoms with Gasteiger partial charge in [-0.1, -0.05) is 48.5 Å². The van der Waals surface area contributed by atoms with Crippen LogP contribution in [0.5, 0.6) is 5.75 Å². The first kappa shape index (κ1) is 27.6. The van der Waals surface area contributed by atoms with Crippen molar-refractivity contribution in [2.75, 3.05) is 37.6 Å². The molecule has 0 aromatic heterocycles. The molecule has 0 radical (unpaired) electrons. The zero-order valence-electron chi connectivity index (χ0n) is 24.0. The van der Waals surface area contributed by atoms with Crippen molar-refractivity contribution in [3.8, 4) is 5.75 Å². The number of hydrogen-bond donors (Lipinski definition) is 2. The molecule has 0 unspecified atom stereocenters. The fraction of sp³-hybridized carbons (Fsp3) is 0.417. The standard InChI is InChI=1S/C36H42N2O3/c39-31-16-17-33-29(24-31)10-4-11-32(27-8-2-1-3-9-27)35(33)28-12-14-30(15-13-28)38-23-7-20-36(26-38)18-5-21-37(22-6-19-36)25-34(40)41/h1-3,8-9,12-17,24,39H,4-7,10-11,18-23,25-26H2,(H,40,41). The monoisotopic (exact) mass is 550 g/mol. The number of hydrogen-bond acceptors (Lipinski definition) is 4. The Morgan fingerprint density at radius 2 is 1.49 bits per heavy atom. The molecule has 2 N–H and O–H groups in total. The van der Waals surface area contributed by atoms with E-state index < -0.39 is 5.97 Å². The number of aliphatic carboxylic acids is 1. The van der Waals surface area contributed by atoms with Gasteiger partial charge in [-0.2, -0.15) is 0 Å². The van der Waals surface area contributed by atoms with E-state index in [4.69, 9.17) is 0 Å². The molecule has 2 aliphatic heterocycles. The number of benzene rings is 3. The molecular weight excluding hydrogens is 508 g/mol. The molecule has 1 spiro atoms. The van der Waals surface area contributed by atoms with Gasteiger partial charge in [-0.05, 0) is 134 Å². The molecule has 3 aromatic rings. The van der Waals surface area contributed by atoms with Crippen molar-refractivity contribution in [2.45, 2.75) is 57.8 Å². The average Bonchev–Trinajstić information content (AvgIpc) is 3.16. The first-order valence-electron chi connectivity index (χ1n) is 15.4. The van der Waals surface area contributed by atoms with E-state index in [-0.39, 0.29) is 6.54 Å². The zero-order chi connectivity index (χ0) is 28.2. The molecule has 3 aromatic carbocycles. The number of fused-ring (bicyclic) bond motifs is 1. The number of rotatable bonds is 5. The second kappa shape index (κ2) is 12.1. The lowest BCUT2D eigenvalue weighted by Gasteiger charge is -2.46. The van der Waals surface area contributed by atoms with Gasteiger partial charge in [-0.15, -0.1) is 0 Å². The first-order valence-corrected chi connectivity index (χ1v) is 15.4. The number of aryl methyl sites for hydroxylation is 1. The highest BCUT2D eigenvalue weighted by Gasteiger charge is 2.36. The van der Waals surface area contributed by atoms with Gasteiger partial charge >= 0.3 is 5.97 Å². The van der Waals surface area contributed by atoms with Gasteiger partial charge in [0.2, 0.25) is 0 Å². The maximum Gasteiger partial charge on any atom is 0.317 e. The number of phenolic OH excluding ortho intramolecular Hbond substituents is 1. The number of carboxylic acids is 1. The van der Waals surface area contributed by atoms with E-state index in [2.05, 4.69) is 70.5 Å². The van der Waals surface area contributed by atoms with Crippen molar-refractivity contribution in [1.29, 1.82) is 0 Å². The Labute approximate surface area is 244 Å². The molecule has 3 aliphatic rings. The second-order valence-electron chi connectivity index (χ2n) is 12.4. The van der Waals surface area contributed by atoms with Crippen LogP contribution in [0.2, 0.25) is 0 Å². The minimum Gasteiger partial charge on any atom is -0.508 e. The number of allylic oxidation sites excluding steroid dienone is 1. The highest BCUT2D eigenvalue weighted by Crippen LogP contribution is 2.43. The lowest BCUT2D eigenvalue weighted by atomic mass is 9.72. The molecule has 0 amide bonds. The van der Waals surface area contributed by atoms with Crippen molar-refractivity contribution in [1.82, 2.24) is 4.90 Å². The Morgan fingerprint density at radius 1 is 0.780 bits per heavy atom. The third kappa shape index (κ3) is 6.20. The quantitative estimate of drug-likeness (QED) is 0.351. The van der Waals surface area contributed by atoms with Gasteiger partial charge in [0.1, 0.15) is 5.75 Å². The van der Waals surface area contributed by atoms with Gasteiger partial charge in [0.05, 0.1) is 6.54 Å². The molecule has 0 atom stereocenters. The molecule has 2 heterocycles. The van der Waals surface area contributed by atoms with Crippen LogP contribution in [0.3, 0.4) is 0 Å². The highest BCUT2D eigenvalue weighted by atomic mass is 16.4. The third-order valence-electron chi connectivity index (χ3n) is 9.56. The topological polar surface area (TPSA) is 64.0 Å². The largest absolute Gasteiger partial charge is 0.508 e. The van der Waals surface area contributed by atoms with Crippen LogP contribution in [-0.4, -0.2) is 53.8 Å². The molecule has 5 nitrogen and oxygen atoms in total. The van der Waals surface area contributed by atoms with Gasteiger partial charge < -0.3 is 15.1 Å². The molecule has 0 saturated carbocycles. The molecule has 41 heavy (non-hydrogen) atoms. The van der Waals surface area contributed by atoms with Crippen LogP contribution in [0.4, 0.5) is 5.69 Å². The van der Waals surface area contributed by atoms with Crippen LogP contribution in [0.25, 0.3) is 11.1 Å². The van der Waals surface area contributed by atoms with Crippen LogP contribution >= 0.6 is 0 Å². The summed E-state index contributed by atoms with van der Waals surface area (Å²) in [5, 5.41) is 19.5. The van der Waals surface area contributed by atoms with Gasteiger partial charge in [0.15, 0.2) is 0 Å². The van der Waals surface area contributed by atoms with Crippen LogP contribution in [0.1, 0.15) is 73.6 Å². The summed E-state index contributed by atoms with van der Waals surface area (Å²) < 4.78 is 0. The lowest BCUT2D eigenvalue weighted by molar-refractivity contribution is -0.138. The van der Waals surface area contributed by atoms with Crippen molar-refractivity contribution >= 4 is 22.8 Å². The molecule has 1 aliphatic carbocycles. The van der Waals surface area contributed by atoms with Crippen molar-refractivity contribution < 1.29 is 15.0 Å². The normalized spacial score (nSPS) is 19.8. The SMILES string of the molecule is O=C(O)CN1CCCC2(CCC1)CCCN(c1ccc(C3=C(c4ccccc4)CCCc4cc(O)ccc43)cc1)C2. The second-order valence-corrected chi connectivity index (χ2v) is 12.4. The number of likely N-dealkylation sites (tertiary alicyclic amines) is 1. The number of nitrogens with zero attached hydrogens (tertiary/aromatic N) is 2. The zero-order valence-corrected chi connectivity index (χ0v) is 24.0. The fourth-order valence-corrected chi connectivity index (χ4v) is 7.65. The summed E-state index contributed by atoms with van der Waals surface area (Å²) in [5.74, 6) is -0.380. The van der Waals surface area contributed by atoms with Crippen molar-refractivity contribution in [2.24, 2.45) is 5.41 Å². The summed E-state index contributed by atoms with van der Waals surface area (Å²) in [5.41, 5.74) is 9.26. The highest BCUT2D eigenvalue weighted by molar-refractivity contribution is 6.00. The minimum atomic E-state index is -0.718. The maximum absolute atomic E-state index is 11.2. The summed E-state index contributed by atoms with van der Waals surface area (Å²) in [6.07, 6.45) is 10.0. The number of anilines is 1. The Hall–Kier alpha value is -3.57. The number of aromatic hydroxyl groups is 1. The van der Waals surface area contributed by atoms with Gasteiger partial charge in [-0.3, -0.25) is 9.69 Å². The van der Waals surface area contributed by atoms with Crippen molar-refractivity contribution in [3.63, 3.8) is 0 Å². The van der Waals surface area contributed by atoms with Crippen molar-refractivity contribution in [3.05, 3.63) is 95.1 Å². The Kier molecular flexibility index (Phi) is 8.16. The Bertz CT molecular complexity index is 1390. The van der Waals surface area contributed by atoms with Crippen LogP contribution in [0.15, 0.2) is 72.8 Å². The minimum absolute atomic E-state index is 0.166. The molecule has 6 rings (SSSR count). The summed E-state index contributed by atoms with van der Waals surface area (Å²) >= 11 is 0. The summed E-state index contributed by atoms with van der Waals surface area (Å²) in [6.45, 7) is 4.12. The van der Waals surface area contributed by atoms with E-state index in [1.54, 1.807) is 0 Å². The van der Waals surface area contributed by atoms with E-state index in [1.807, 2.05) is 12.1 Å². The summed E-state index contributed by atoms with van der Waals surface area (Å²) in [4.78, 5) is 15.9. The smallest absolute Gasteiger partial charge is 0.317 e. The van der Waals surface area contributed by atoms with E-state index in [0.717, 1.165) is 58.3 Å². The van der Waals surface area contributed by atoms with E-state index in [1.165, 1.54) is 64.8 Å². The predicted molar refractivity (Wildman–Crippen MR) is 166 cm³/mol. The Balaban J connectivity index is 1.26. The Morgan fingerprint density at radius 3 is 2.20 bits per heavy atom. The third-order valence-corrected chi connectivity index (χ3v) is 9.56. The molecule has 214 valence electrons. The molecule has 5 heteroatoms. The van der Waals surface area contributed by atoms with Crippen LogP contribution in [-0.2, 0) is 11.2 Å². The summed E-state index contributed by atoms with van der Waals surface area (Å²) in [6, 6.07) is 25.9. The van der Waals surface area contributed by atoms with E-state index in [9.17, 15) is 15.0 Å². The molecular formula is C36H42N2O3. The van der Waals surface area contributed by atoms with Gasteiger partial charge in [0, 0.05) is 18.8 Å². The number of piperidine rings is 1. The number of carbonyl (C=O) groups is 1. The molecule has 2 fully saturated rings. The van der Waals surface area contributed by atoms with Crippen LogP contribution < -0.4 is 4.90 Å².